The Morgan fingerprint density at radius 2 is 1.86 bits per heavy atom. The van der Waals surface area contributed by atoms with Crippen LogP contribution in [0.2, 0.25) is 10.0 Å². The maximum Gasteiger partial charge on any atom is 0.325 e. The van der Waals surface area contributed by atoms with Crippen molar-refractivity contribution < 1.29 is 9.53 Å². The maximum atomic E-state index is 12.1. The van der Waals surface area contributed by atoms with Crippen molar-refractivity contribution in [2.24, 2.45) is 0 Å². The summed E-state index contributed by atoms with van der Waals surface area (Å²) in [6, 6.07) is 12.4. The number of anilines is 2. The number of urea groups is 1. The number of nitrogens with one attached hydrogen (secondary N) is 2. The molecule has 2 aromatic carbocycles. The minimum atomic E-state index is -0.451. The number of carbonyl (C=O) groups is 1. The Kier molecular flexibility index (Phi) is 7.30. The fourth-order valence-corrected chi connectivity index (χ4v) is 3.42. The first-order valence-corrected chi connectivity index (χ1v) is 10.6. The molecule has 0 bridgehead atoms. The normalized spacial score (nSPS) is 11.7. The Balaban J connectivity index is 1.51. The molecule has 29 heavy (non-hydrogen) atoms. The van der Waals surface area contributed by atoms with Crippen molar-refractivity contribution in [2.75, 3.05) is 10.6 Å². The lowest BCUT2D eigenvalue weighted by atomic mass is 9.99. The van der Waals surface area contributed by atoms with E-state index in [0.717, 1.165) is 12.2 Å². The van der Waals surface area contributed by atoms with Gasteiger partial charge in [-0.1, -0.05) is 60.5 Å². The van der Waals surface area contributed by atoms with Crippen molar-refractivity contribution in [3.8, 4) is 5.75 Å². The summed E-state index contributed by atoms with van der Waals surface area (Å²) in [6.45, 7) is 4.64. The molecule has 1 atom stereocenters. The number of hydrogen-bond acceptors (Lipinski definition) is 5. The molecular formula is C20H20Cl2N4O2S. The number of halogens is 2. The highest BCUT2D eigenvalue weighted by molar-refractivity contribution is 7.15. The Bertz CT molecular complexity index is 979. The lowest BCUT2D eigenvalue weighted by Crippen LogP contribution is -2.19. The fraction of sp³-hybridized carbons (Fsp3) is 0.250. The largest absolute Gasteiger partial charge is 0.486 e. The summed E-state index contributed by atoms with van der Waals surface area (Å²) in [7, 11) is 0. The Labute approximate surface area is 183 Å². The van der Waals surface area contributed by atoms with Crippen LogP contribution in [0.4, 0.5) is 15.6 Å². The third-order valence-electron chi connectivity index (χ3n) is 4.29. The van der Waals surface area contributed by atoms with Gasteiger partial charge in [0.25, 0.3) is 0 Å². The zero-order valence-corrected chi connectivity index (χ0v) is 18.2. The molecule has 0 fully saturated rings. The molecule has 0 aliphatic heterocycles. The molecule has 0 saturated heterocycles. The summed E-state index contributed by atoms with van der Waals surface area (Å²) in [5.74, 6) is 1.29. The highest BCUT2D eigenvalue weighted by Gasteiger charge is 2.10. The number of rotatable bonds is 7. The summed E-state index contributed by atoms with van der Waals surface area (Å²) in [5, 5.41) is 15.1. The quantitative estimate of drug-likeness (QED) is 0.425. The second kappa shape index (κ2) is 9.91. The van der Waals surface area contributed by atoms with E-state index in [0.29, 0.717) is 31.8 Å². The van der Waals surface area contributed by atoms with E-state index in [1.807, 2.05) is 12.1 Å². The summed E-state index contributed by atoms with van der Waals surface area (Å²) >= 11 is 13.0. The molecule has 0 aliphatic rings. The third-order valence-corrected chi connectivity index (χ3v) is 5.84. The molecule has 6 nitrogen and oxygen atoms in total. The summed E-state index contributed by atoms with van der Waals surface area (Å²) in [6.07, 6.45) is 1.10. The van der Waals surface area contributed by atoms with Crippen LogP contribution in [-0.4, -0.2) is 16.2 Å². The molecule has 1 heterocycles. The van der Waals surface area contributed by atoms with E-state index in [9.17, 15) is 4.79 Å². The van der Waals surface area contributed by atoms with Gasteiger partial charge in [0, 0.05) is 5.69 Å². The zero-order valence-electron chi connectivity index (χ0n) is 15.9. The van der Waals surface area contributed by atoms with Crippen molar-refractivity contribution >= 4 is 51.4 Å². The number of nitrogens with zero attached hydrogens (tertiary/aromatic N) is 2. The molecule has 9 heteroatoms. The molecule has 3 rings (SSSR count). The van der Waals surface area contributed by atoms with Gasteiger partial charge in [-0.25, -0.2) is 4.79 Å². The van der Waals surface area contributed by atoms with Gasteiger partial charge < -0.3 is 10.1 Å². The van der Waals surface area contributed by atoms with Crippen molar-refractivity contribution in [1.29, 1.82) is 0 Å². The number of ether oxygens (including phenoxy) is 1. The summed E-state index contributed by atoms with van der Waals surface area (Å²) in [4.78, 5) is 12.1. The Morgan fingerprint density at radius 1 is 1.10 bits per heavy atom. The smallest absolute Gasteiger partial charge is 0.325 e. The molecule has 1 aromatic heterocycles. The van der Waals surface area contributed by atoms with E-state index in [2.05, 4.69) is 46.8 Å². The lowest BCUT2D eigenvalue weighted by Gasteiger charge is -2.10. The number of hydrogen-bond donors (Lipinski definition) is 2. The molecule has 0 spiro atoms. The van der Waals surface area contributed by atoms with E-state index >= 15 is 0 Å². The van der Waals surface area contributed by atoms with Gasteiger partial charge in [0.05, 0.1) is 10.0 Å². The van der Waals surface area contributed by atoms with E-state index in [4.69, 9.17) is 27.9 Å². The van der Waals surface area contributed by atoms with Gasteiger partial charge in [-0.2, -0.15) is 0 Å². The predicted octanol–water partition coefficient (Wildman–Crippen LogP) is 6.58. The molecule has 0 radical (unpaired) electrons. The molecule has 3 aromatic rings. The second-order valence-corrected chi connectivity index (χ2v) is 8.25. The predicted molar refractivity (Wildman–Crippen MR) is 118 cm³/mol. The molecule has 152 valence electrons. The van der Waals surface area contributed by atoms with Crippen molar-refractivity contribution in [2.45, 2.75) is 32.8 Å². The first-order valence-electron chi connectivity index (χ1n) is 9.02. The fourth-order valence-electron chi connectivity index (χ4n) is 2.47. The van der Waals surface area contributed by atoms with Crippen LogP contribution in [0.1, 0.15) is 36.8 Å². The minimum Gasteiger partial charge on any atom is -0.486 e. The molecule has 0 saturated carbocycles. The average molecular weight is 451 g/mol. The maximum absolute atomic E-state index is 12.1. The second-order valence-electron chi connectivity index (χ2n) is 6.38. The van der Waals surface area contributed by atoms with E-state index in [1.54, 1.807) is 18.2 Å². The summed E-state index contributed by atoms with van der Waals surface area (Å²) in [5.41, 5.74) is 1.81. The van der Waals surface area contributed by atoms with Gasteiger partial charge >= 0.3 is 6.03 Å². The van der Waals surface area contributed by atoms with Crippen molar-refractivity contribution in [3.05, 3.63) is 63.1 Å². The molecule has 2 amide bonds. The van der Waals surface area contributed by atoms with Crippen LogP contribution < -0.4 is 15.4 Å². The van der Waals surface area contributed by atoms with E-state index in [-0.39, 0.29) is 6.61 Å². The van der Waals surface area contributed by atoms with Gasteiger partial charge in [-0.05, 0) is 48.2 Å². The minimum absolute atomic E-state index is 0.274. The van der Waals surface area contributed by atoms with Crippen LogP contribution in [0.3, 0.4) is 0 Å². The zero-order chi connectivity index (χ0) is 20.8. The number of benzene rings is 2. The number of aromatic nitrogens is 2. The third kappa shape index (κ3) is 6.06. The SMILES string of the molecule is CC[C@@H](C)c1ccc(OCc2nnc(NC(=O)Nc3ccc(Cl)c(Cl)c3)s2)cc1. The Hall–Kier alpha value is -2.35. The van der Waals surface area contributed by atoms with Crippen LogP contribution in [0, 0.1) is 0 Å². The number of carbonyl (C=O) groups excluding carboxylic acids is 1. The standard InChI is InChI=1S/C20H20Cl2N4O2S/c1-3-12(2)13-4-7-15(8-5-13)28-11-18-25-26-20(29-18)24-19(27)23-14-6-9-16(21)17(22)10-14/h4-10,12H,3,11H2,1-2H3,(H2,23,24,26,27)/t12-/m1/s1. The average Bonchev–Trinajstić information content (AvgIpc) is 3.16. The molecule has 0 aliphatic carbocycles. The van der Waals surface area contributed by atoms with Gasteiger partial charge in [0.15, 0.2) is 5.01 Å². The highest BCUT2D eigenvalue weighted by Crippen LogP contribution is 2.26. The van der Waals surface area contributed by atoms with Crippen LogP contribution in [-0.2, 0) is 6.61 Å². The monoisotopic (exact) mass is 450 g/mol. The highest BCUT2D eigenvalue weighted by atomic mass is 35.5. The topological polar surface area (TPSA) is 76.1 Å². The summed E-state index contributed by atoms with van der Waals surface area (Å²) < 4.78 is 5.75. The molecular weight excluding hydrogens is 431 g/mol. The Morgan fingerprint density at radius 3 is 2.55 bits per heavy atom. The van der Waals surface area contributed by atoms with Crippen molar-refractivity contribution in [1.82, 2.24) is 10.2 Å². The van der Waals surface area contributed by atoms with E-state index in [1.165, 1.54) is 16.9 Å². The van der Waals surface area contributed by atoms with Gasteiger partial charge in [-0.3, -0.25) is 5.32 Å². The van der Waals surface area contributed by atoms with Gasteiger partial charge in [-0.15, -0.1) is 10.2 Å². The van der Waals surface area contributed by atoms with Gasteiger partial charge in [0.2, 0.25) is 5.13 Å². The van der Waals surface area contributed by atoms with E-state index < -0.39 is 6.03 Å². The number of amides is 2. The molecule has 0 unspecified atom stereocenters. The first kappa shape index (κ1) is 21.4. The van der Waals surface area contributed by atoms with Crippen LogP contribution in [0.15, 0.2) is 42.5 Å². The van der Waals surface area contributed by atoms with Crippen LogP contribution in [0.25, 0.3) is 0 Å². The van der Waals surface area contributed by atoms with Crippen LogP contribution >= 0.6 is 34.5 Å². The first-order chi connectivity index (χ1) is 13.9. The molecule has 2 N–H and O–H groups in total. The van der Waals surface area contributed by atoms with Crippen molar-refractivity contribution in [3.63, 3.8) is 0 Å². The van der Waals surface area contributed by atoms with Crippen LogP contribution in [0.5, 0.6) is 5.75 Å². The lowest BCUT2D eigenvalue weighted by molar-refractivity contribution is 0.262. The van der Waals surface area contributed by atoms with Gasteiger partial charge in [0.1, 0.15) is 12.4 Å².